The number of halogens is 3. The summed E-state index contributed by atoms with van der Waals surface area (Å²) in [6.45, 7) is 1.55. The molecule has 6 aliphatic rings. The SMILES string of the molecule is I[I-]I.O=C1C[C@@H]2[C@@H](/C=C/[C@@H](O)CCc3ccccc3)[C@H](O)C[C@@H]2O1.OC1C[C@@H]2[C@@H](/C=C/[C@H](CCc3ccccc3)OC3CCCCO3)[C@H](OC3CCCCO3)C[C@@H]2O1.[V]. The predicted octanol–water partition coefficient (Wildman–Crippen LogP) is 5.36. The Morgan fingerprint density at radius 1 is 0.767 bits per heavy atom. The van der Waals surface area contributed by atoms with Gasteiger partial charge in [0.15, 0.2) is 18.9 Å². The summed E-state index contributed by atoms with van der Waals surface area (Å²) in [5, 5.41) is 30.3. The Kier molecular flexibility index (Phi) is 23.2. The van der Waals surface area contributed by atoms with E-state index in [1.807, 2.05) is 36.4 Å². The minimum atomic E-state index is -0.668. The Morgan fingerprint density at radius 3 is 2.02 bits per heavy atom. The Hall–Kier alpha value is -0.156. The van der Waals surface area contributed by atoms with E-state index in [2.05, 4.69) is 79.7 Å². The number of esters is 1. The third-order valence-corrected chi connectivity index (χ3v) is 12.4. The van der Waals surface area contributed by atoms with Crippen molar-refractivity contribution in [2.75, 3.05) is 13.2 Å². The van der Waals surface area contributed by atoms with E-state index in [1.165, 1.54) is 11.1 Å². The minimum Gasteiger partial charge on any atom is -0.462 e. The zero-order valence-electron chi connectivity index (χ0n) is 34.2. The van der Waals surface area contributed by atoms with Crippen molar-refractivity contribution >= 4 is 43.2 Å². The van der Waals surface area contributed by atoms with E-state index in [9.17, 15) is 20.1 Å². The molecular weight excluding hydrogens is 1140 g/mol. The number of fused-ring (bicyclic) bond motifs is 2. The summed E-state index contributed by atoms with van der Waals surface area (Å²) in [6, 6.07) is 20.6. The monoisotopic (exact) mass is 1210 g/mol. The smallest absolute Gasteiger partial charge is 0.306 e. The van der Waals surface area contributed by atoms with Crippen LogP contribution in [0.15, 0.2) is 85.0 Å². The normalized spacial score (nSPS) is 33.2. The molecule has 13 atom stereocenters. The van der Waals surface area contributed by atoms with Crippen molar-refractivity contribution in [3.63, 3.8) is 0 Å². The van der Waals surface area contributed by atoms with E-state index in [-0.39, 0.29) is 85.2 Å². The third kappa shape index (κ3) is 16.1. The van der Waals surface area contributed by atoms with Gasteiger partial charge in [0.25, 0.3) is 0 Å². The van der Waals surface area contributed by atoms with Gasteiger partial charge in [0.05, 0.1) is 36.9 Å². The number of hydrogen-bond donors (Lipinski definition) is 3. The van der Waals surface area contributed by atoms with E-state index < -0.39 is 18.5 Å². The first kappa shape index (κ1) is 50.8. The van der Waals surface area contributed by atoms with E-state index in [4.69, 9.17) is 28.4 Å². The molecule has 14 heteroatoms. The van der Waals surface area contributed by atoms with Crippen molar-refractivity contribution < 1.29 is 80.3 Å². The number of ether oxygens (including phenoxy) is 6. The van der Waals surface area contributed by atoms with Crippen LogP contribution in [-0.2, 0) is 64.6 Å². The Balaban J connectivity index is 0.000000227. The maximum absolute atomic E-state index is 11.3. The standard InChI is InChI=1S/C28H40O6.C18H22O4.I3.V/c29-26-18-23-22(24(19-25(23)33-26)34-28-11-5-7-17-31-28)15-14-21(32-27-10-4-6-16-30-27)13-12-20-8-2-1-3-9-20;19-13(7-6-12-4-2-1-3-5-12)8-9-14-15-10-18(21)22-17(15)11-16(14)20;1-3-2;/h1-3,8-9,14-15,21-29H,4-7,10-13,16-19H2;1-5,8-9,13-17,19-20H,6-7,10-11H2;;/q;;-1;/b15-14+;9-8+;;/t21-,22+,23+,24+,25-,26?,27?,28?;13-,14+,15+,16+,17-;;/m00../s1. The molecule has 2 aromatic rings. The summed E-state index contributed by atoms with van der Waals surface area (Å²) >= 11 is 5.30. The van der Waals surface area contributed by atoms with Gasteiger partial charge in [0.2, 0.25) is 0 Å². The predicted molar refractivity (Wildman–Crippen MR) is 238 cm³/mol. The van der Waals surface area contributed by atoms with Crippen molar-refractivity contribution in [1.29, 1.82) is 0 Å². The average Bonchev–Trinajstić information content (AvgIpc) is 3.97. The van der Waals surface area contributed by atoms with Crippen LogP contribution in [0, 0.1) is 23.7 Å². The van der Waals surface area contributed by atoms with Gasteiger partial charge in [0.1, 0.15) is 6.10 Å². The molecule has 4 heterocycles. The van der Waals surface area contributed by atoms with Crippen LogP contribution in [0.2, 0.25) is 0 Å². The molecule has 6 fully saturated rings. The summed E-state index contributed by atoms with van der Waals surface area (Å²) in [6.07, 6.45) is 18.2. The van der Waals surface area contributed by atoms with Crippen LogP contribution >= 0.6 is 37.2 Å². The molecular formula is C46H62I3O10V-. The van der Waals surface area contributed by atoms with Gasteiger partial charge in [0, 0.05) is 68.8 Å². The van der Waals surface area contributed by atoms with Gasteiger partial charge < -0.3 is 43.7 Å². The van der Waals surface area contributed by atoms with Crippen LogP contribution in [0.1, 0.15) is 88.2 Å². The molecule has 1 radical (unpaired) electrons. The van der Waals surface area contributed by atoms with Crippen LogP contribution < -0.4 is 13.3 Å². The molecule has 10 nitrogen and oxygen atoms in total. The molecule has 0 spiro atoms. The van der Waals surface area contributed by atoms with Gasteiger partial charge >= 0.3 is 56.5 Å². The fourth-order valence-electron chi connectivity index (χ4n) is 9.39. The van der Waals surface area contributed by atoms with Gasteiger partial charge in [-0.05, 0) is 81.3 Å². The quantitative estimate of drug-likeness (QED) is 0.129. The largest absolute Gasteiger partial charge is 0.462 e. The third-order valence-electron chi connectivity index (χ3n) is 12.4. The first-order valence-corrected chi connectivity index (χ1v) is 34.1. The molecule has 333 valence electrons. The van der Waals surface area contributed by atoms with Gasteiger partial charge in [-0.2, -0.15) is 0 Å². The summed E-state index contributed by atoms with van der Waals surface area (Å²) in [5.74, 6) is 0.233. The second kappa shape index (κ2) is 27.4. The molecule has 2 aliphatic carbocycles. The Labute approximate surface area is 398 Å². The topological polar surface area (TPSA) is 133 Å². The number of benzene rings is 2. The van der Waals surface area contributed by atoms with Crippen molar-refractivity contribution in [1.82, 2.24) is 0 Å². The summed E-state index contributed by atoms with van der Waals surface area (Å²) in [5.41, 5.74) is 2.52. The minimum absolute atomic E-state index is 0. The van der Waals surface area contributed by atoms with Gasteiger partial charge in [-0.3, -0.25) is 4.79 Å². The zero-order chi connectivity index (χ0) is 41.4. The van der Waals surface area contributed by atoms with Crippen LogP contribution in [0.4, 0.5) is 0 Å². The van der Waals surface area contributed by atoms with Crippen molar-refractivity contribution in [2.24, 2.45) is 23.7 Å². The summed E-state index contributed by atoms with van der Waals surface area (Å²) in [7, 11) is 0. The van der Waals surface area contributed by atoms with Crippen molar-refractivity contribution in [2.45, 2.75) is 145 Å². The summed E-state index contributed by atoms with van der Waals surface area (Å²) < 4.78 is 35.7. The number of carbonyl (C=O) groups is 1. The Morgan fingerprint density at radius 2 is 1.38 bits per heavy atom. The number of rotatable bonds is 14. The van der Waals surface area contributed by atoms with Crippen LogP contribution in [0.25, 0.3) is 0 Å². The van der Waals surface area contributed by atoms with E-state index >= 15 is 0 Å². The van der Waals surface area contributed by atoms with Crippen LogP contribution in [0.3, 0.4) is 0 Å². The van der Waals surface area contributed by atoms with E-state index in [1.54, 1.807) is 6.08 Å². The first-order chi connectivity index (χ1) is 28.8. The molecule has 0 amide bonds. The number of aryl methyl sites for hydroxylation is 2. The fraction of sp³-hybridized carbons (Fsp3) is 0.630. The molecule has 0 aromatic heterocycles. The maximum Gasteiger partial charge on any atom is 0.306 e. The molecule has 4 saturated heterocycles. The number of hydrogen-bond acceptors (Lipinski definition) is 10. The fourth-order valence-corrected chi connectivity index (χ4v) is 9.39. The van der Waals surface area contributed by atoms with Crippen molar-refractivity contribution in [3.05, 3.63) is 96.1 Å². The molecule has 2 saturated carbocycles. The molecule has 4 aliphatic heterocycles. The molecule has 60 heavy (non-hydrogen) atoms. The average molecular weight is 1210 g/mol. The number of aliphatic hydroxyl groups excluding tert-OH is 3. The summed E-state index contributed by atoms with van der Waals surface area (Å²) in [4.78, 5) is 11.3. The molecule has 0 bridgehead atoms. The van der Waals surface area contributed by atoms with Gasteiger partial charge in [-0.1, -0.05) is 85.0 Å². The number of aliphatic hydroxyl groups is 3. The van der Waals surface area contributed by atoms with Crippen LogP contribution in [0.5, 0.6) is 0 Å². The molecule has 3 N–H and O–H groups in total. The first-order valence-electron chi connectivity index (χ1n) is 21.5. The van der Waals surface area contributed by atoms with Crippen LogP contribution in [-0.4, -0.2) is 90.0 Å². The van der Waals surface area contributed by atoms with E-state index in [0.29, 0.717) is 38.9 Å². The second-order valence-corrected chi connectivity index (χ2v) is 32.7. The van der Waals surface area contributed by atoms with Crippen molar-refractivity contribution in [3.8, 4) is 0 Å². The zero-order valence-corrected chi connectivity index (χ0v) is 42.1. The van der Waals surface area contributed by atoms with Gasteiger partial charge in [-0.25, -0.2) is 0 Å². The maximum atomic E-state index is 11.3. The van der Waals surface area contributed by atoms with Gasteiger partial charge in [-0.15, -0.1) is 0 Å². The molecule has 8 rings (SSSR count). The number of carbonyl (C=O) groups excluding carboxylic acids is 1. The Bertz CT molecular complexity index is 1560. The second-order valence-electron chi connectivity index (χ2n) is 16.5. The van der Waals surface area contributed by atoms with E-state index in [0.717, 1.165) is 77.4 Å². The molecule has 2 aromatic carbocycles. The molecule has 3 unspecified atom stereocenters.